The molecule has 0 aliphatic carbocycles. The fraction of sp³-hybridized carbons (Fsp3) is 0.333. The molecule has 1 nitrogen and oxygen atoms in total. The summed E-state index contributed by atoms with van der Waals surface area (Å²) < 4.78 is 4.97. The highest BCUT2D eigenvalue weighted by atomic mass is 32.1. The maximum atomic E-state index is 4.97. The number of thiophene rings is 1. The zero-order valence-corrected chi connectivity index (χ0v) is 5.71. The molecule has 0 aromatic carbocycles. The van der Waals surface area contributed by atoms with E-state index >= 15 is 0 Å². The van der Waals surface area contributed by atoms with E-state index in [9.17, 15) is 0 Å². The van der Waals surface area contributed by atoms with Crippen molar-refractivity contribution in [3.8, 4) is 5.06 Å². The molecule has 1 heterocycles. The summed E-state index contributed by atoms with van der Waals surface area (Å²) in [5.74, 6) is 0. The minimum atomic E-state index is 0.963. The van der Waals surface area contributed by atoms with Crippen molar-refractivity contribution in [2.24, 2.45) is 0 Å². The Kier molecular flexibility index (Phi) is 1.53. The summed E-state index contributed by atoms with van der Waals surface area (Å²) in [5.41, 5.74) is 1.16. The zero-order chi connectivity index (χ0) is 5.98. The highest BCUT2D eigenvalue weighted by Crippen LogP contribution is 2.22. The average molecular weight is 127 g/mol. The minimum absolute atomic E-state index is 0.963. The van der Waals surface area contributed by atoms with Crippen LogP contribution >= 0.6 is 11.3 Å². The molecule has 1 aromatic rings. The van der Waals surface area contributed by atoms with Crippen molar-refractivity contribution in [2.45, 2.75) is 6.92 Å². The summed E-state index contributed by atoms with van der Waals surface area (Å²) in [7, 11) is 1.67. The Morgan fingerprint density at radius 3 is 2.75 bits per heavy atom. The third-order valence-corrected chi connectivity index (χ3v) is 1.84. The smallest absolute Gasteiger partial charge is 0.176 e. The third kappa shape index (κ3) is 0.842. The topological polar surface area (TPSA) is 9.23 Å². The van der Waals surface area contributed by atoms with E-state index in [0.29, 0.717) is 0 Å². The normalized spacial score (nSPS) is 9.25. The number of rotatable bonds is 1. The van der Waals surface area contributed by atoms with Gasteiger partial charge in [-0.1, -0.05) is 11.3 Å². The van der Waals surface area contributed by atoms with Crippen LogP contribution in [0.25, 0.3) is 0 Å². The van der Waals surface area contributed by atoms with Gasteiger partial charge in [0.05, 0.1) is 7.11 Å². The van der Waals surface area contributed by atoms with Crippen molar-refractivity contribution in [3.05, 3.63) is 17.0 Å². The van der Waals surface area contributed by atoms with Gasteiger partial charge in [0.15, 0.2) is 5.06 Å². The lowest BCUT2D eigenvalue weighted by atomic mass is 10.4. The highest BCUT2D eigenvalue weighted by Gasteiger charge is 1.94. The molecule has 1 aromatic heterocycles. The Balaban J connectivity index is 2.92. The predicted molar refractivity (Wildman–Crippen MR) is 34.4 cm³/mol. The SMILES string of the molecule is COc1s[c]cc1C. The average Bonchev–Trinajstić information content (AvgIpc) is 2.14. The van der Waals surface area contributed by atoms with Gasteiger partial charge in [0.2, 0.25) is 0 Å². The van der Waals surface area contributed by atoms with Crippen molar-refractivity contribution in [2.75, 3.05) is 7.11 Å². The van der Waals surface area contributed by atoms with Crippen LogP contribution in [0.2, 0.25) is 0 Å². The summed E-state index contributed by atoms with van der Waals surface area (Å²) in [5, 5.41) is 3.93. The fourth-order valence-corrected chi connectivity index (χ4v) is 1.16. The van der Waals surface area contributed by atoms with Gasteiger partial charge in [-0.25, -0.2) is 0 Å². The first-order chi connectivity index (χ1) is 3.84. The first-order valence-electron chi connectivity index (χ1n) is 2.35. The van der Waals surface area contributed by atoms with E-state index in [1.165, 1.54) is 11.3 Å². The molecule has 0 amide bonds. The van der Waals surface area contributed by atoms with Crippen LogP contribution in [0.1, 0.15) is 5.56 Å². The summed E-state index contributed by atoms with van der Waals surface area (Å²) >= 11 is 1.50. The molecule has 0 spiro atoms. The van der Waals surface area contributed by atoms with E-state index in [0.717, 1.165) is 10.6 Å². The molecule has 2 heteroatoms. The van der Waals surface area contributed by atoms with Gasteiger partial charge < -0.3 is 4.74 Å². The second kappa shape index (κ2) is 2.18. The number of hydrogen-bond donors (Lipinski definition) is 0. The number of ether oxygens (including phenoxy) is 1. The van der Waals surface area contributed by atoms with E-state index < -0.39 is 0 Å². The van der Waals surface area contributed by atoms with Gasteiger partial charge in [-0.15, -0.1) is 0 Å². The van der Waals surface area contributed by atoms with Gasteiger partial charge in [-0.2, -0.15) is 0 Å². The van der Waals surface area contributed by atoms with E-state index in [-0.39, 0.29) is 0 Å². The van der Waals surface area contributed by atoms with Crippen LogP contribution in [-0.4, -0.2) is 7.11 Å². The summed E-state index contributed by atoms with van der Waals surface area (Å²) in [4.78, 5) is 0. The Hall–Kier alpha value is -0.500. The lowest BCUT2D eigenvalue weighted by Crippen LogP contribution is -1.77. The Morgan fingerprint density at radius 1 is 1.75 bits per heavy atom. The maximum absolute atomic E-state index is 4.97. The Morgan fingerprint density at radius 2 is 2.50 bits per heavy atom. The molecule has 8 heavy (non-hydrogen) atoms. The van der Waals surface area contributed by atoms with Crippen LogP contribution in [0.5, 0.6) is 5.06 Å². The first-order valence-corrected chi connectivity index (χ1v) is 3.16. The molecule has 1 radical (unpaired) electrons. The third-order valence-electron chi connectivity index (χ3n) is 0.934. The van der Waals surface area contributed by atoms with Gasteiger partial charge in [-0.3, -0.25) is 0 Å². The molecule has 0 fully saturated rings. The second-order valence-corrected chi connectivity index (χ2v) is 2.35. The zero-order valence-electron chi connectivity index (χ0n) is 4.89. The molecule has 0 bridgehead atoms. The van der Waals surface area contributed by atoms with Crippen LogP contribution in [-0.2, 0) is 0 Å². The summed E-state index contributed by atoms with van der Waals surface area (Å²) in [6.07, 6.45) is 0. The molecule has 43 valence electrons. The molecule has 0 saturated heterocycles. The van der Waals surface area contributed by atoms with Crippen LogP contribution in [0.3, 0.4) is 0 Å². The van der Waals surface area contributed by atoms with Gasteiger partial charge >= 0.3 is 0 Å². The fourth-order valence-electron chi connectivity index (χ4n) is 0.513. The summed E-state index contributed by atoms with van der Waals surface area (Å²) in [6, 6.07) is 1.92. The molecule has 0 aliphatic heterocycles. The second-order valence-electron chi connectivity index (χ2n) is 1.54. The molecule has 1 rings (SSSR count). The van der Waals surface area contributed by atoms with Crippen molar-refractivity contribution >= 4 is 11.3 Å². The highest BCUT2D eigenvalue weighted by molar-refractivity contribution is 7.11. The van der Waals surface area contributed by atoms with Crippen LogP contribution in [0.4, 0.5) is 0 Å². The van der Waals surface area contributed by atoms with Crippen molar-refractivity contribution in [1.82, 2.24) is 0 Å². The first kappa shape index (κ1) is 5.63. The maximum Gasteiger partial charge on any atom is 0.176 e. The lowest BCUT2D eigenvalue weighted by Gasteiger charge is -1.92. The number of methoxy groups -OCH3 is 1. The molecule has 0 atom stereocenters. The van der Waals surface area contributed by atoms with Crippen LogP contribution in [0.15, 0.2) is 6.07 Å². The lowest BCUT2D eigenvalue weighted by molar-refractivity contribution is 0.424. The molecular formula is C6H7OS. The van der Waals surface area contributed by atoms with Crippen molar-refractivity contribution in [1.29, 1.82) is 0 Å². The standard InChI is InChI=1S/C6H7OS/c1-5-3-4-8-6(5)7-2/h3H,1-2H3. The largest absolute Gasteiger partial charge is 0.487 e. The van der Waals surface area contributed by atoms with E-state index in [4.69, 9.17) is 4.74 Å². The van der Waals surface area contributed by atoms with E-state index in [1.807, 2.05) is 13.0 Å². The number of hydrogen-bond acceptors (Lipinski definition) is 2. The van der Waals surface area contributed by atoms with Crippen molar-refractivity contribution < 1.29 is 4.74 Å². The molecule has 0 saturated carbocycles. The van der Waals surface area contributed by atoms with Crippen molar-refractivity contribution in [3.63, 3.8) is 0 Å². The van der Waals surface area contributed by atoms with Crippen LogP contribution < -0.4 is 4.74 Å². The Bertz CT molecular complexity index is 169. The van der Waals surface area contributed by atoms with Crippen LogP contribution in [0, 0.1) is 12.3 Å². The Labute approximate surface area is 52.9 Å². The monoisotopic (exact) mass is 127 g/mol. The molecule has 0 aliphatic rings. The van der Waals surface area contributed by atoms with Gasteiger partial charge in [-0.05, 0) is 13.0 Å². The van der Waals surface area contributed by atoms with Gasteiger partial charge in [0.1, 0.15) is 0 Å². The van der Waals surface area contributed by atoms with E-state index in [1.54, 1.807) is 7.11 Å². The minimum Gasteiger partial charge on any atom is -0.487 e. The number of aryl methyl sites for hydroxylation is 1. The predicted octanol–water partition coefficient (Wildman–Crippen LogP) is 1.87. The molecule has 0 unspecified atom stereocenters. The molecular weight excluding hydrogens is 120 g/mol. The van der Waals surface area contributed by atoms with Gasteiger partial charge in [0, 0.05) is 10.9 Å². The van der Waals surface area contributed by atoms with E-state index in [2.05, 4.69) is 5.38 Å². The summed E-state index contributed by atoms with van der Waals surface area (Å²) in [6.45, 7) is 2.01. The molecule has 0 N–H and O–H groups in total. The quantitative estimate of drug-likeness (QED) is 0.559. The van der Waals surface area contributed by atoms with Gasteiger partial charge in [0.25, 0.3) is 0 Å².